The molecule has 2 atom stereocenters. The van der Waals surface area contributed by atoms with Gasteiger partial charge >= 0.3 is 38.5 Å². The molecule has 4 heteroatoms. The van der Waals surface area contributed by atoms with Crippen molar-refractivity contribution in [3.05, 3.63) is 47.6 Å². The van der Waals surface area contributed by atoms with Crippen molar-refractivity contribution in [2.45, 2.75) is 53.6 Å². The van der Waals surface area contributed by atoms with Crippen molar-refractivity contribution in [2.24, 2.45) is 11.8 Å². The summed E-state index contributed by atoms with van der Waals surface area (Å²) in [4.78, 5) is 0. The Morgan fingerprint density at radius 3 is 1.27 bits per heavy atom. The molecule has 0 heterocycles. The van der Waals surface area contributed by atoms with Gasteiger partial charge in [-0.25, -0.2) is 23.3 Å². The minimum Gasteiger partial charge on any atom is -1.00 e. The Labute approximate surface area is 162 Å². The van der Waals surface area contributed by atoms with E-state index in [1.165, 1.54) is 11.1 Å². The van der Waals surface area contributed by atoms with Crippen LogP contribution in [0.15, 0.2) is 35.5 Å². The molecule has 0 saturated carbocycles. The number of rotatable bonds is 2. The molecule has 0 bridgehead atoms. The fourth-order valence-electron chi connectivity index (χ4n) is 1.74. The number of hydrogen-bond acceptors (Lipinski definition) is 0. The third-order valence-electron chi connectivity index (χ3n) is 2.76. The van der Waals surface area contributed by atoms with Crippen LogP contribution in [0.5, 0.6) is 0 Å². The summed E-state index contributed by atoms with van der Waals surface area (Å²) in [6.45, 7) is 13.2. The summed E-state index contributed by atoms with van der Waals surface area (Å²) in [6.07, 6.45) is 17.7. The summed E-state index contributed by atoms with van der Waals surface area (Å²) < 4.78 is 0. The maximum absolute atomic E-state index is 3.31. The molecule has 0 aliphatic heterocycles. The Hall–Kier alpha value is 0.471. The maximum atomic E-state index is 3.31. The predicted octanol–water partition coefficient (Wildman–Crippen LogP) is -0.544. The van der Waals surface area contributed by atoms with E-state index < -0.39 is 0 Å². The van der Waals surface area contributed by atoms with E-state index in [0.29, 0.717) is 11.8 Å². The summed E-state index contributed by atoms with van der Waals surface area (Å²) in [7, 11) is 0. The molecule has 0 nitrogen and oxygen atoms in total. The van der Waals surface area contributed by atoms with Crippen LogP contribution in [0.4, 0.5) is 0 Å². The van der Waals surface area contributed by atoms with Gasteiger partial charge in [-0.3, -0.25) is 12.2 Å². The van der Waals surface area contributed by atoms with E-state index in [9.17, 15) is 0 Å². The van der Waals surface area contributed by atoms with Crippen LogP contribution in [0.1, 0.15) is 40.5 Å². The van der Waals surface area contributed by atoms with E-state index in [-0.39, 0.29) is 31.0 Å². The molecule has 0 N–H and O–H groups in total. The minimum absolute atomic E-state index is 0. The van der Waals surface area contributed by atoms with Crippen molar-refractivity contribution < 1.29 is 44.0 Å². The van der Waals surface area contributed by atoms with Crippen LogP contribution in [-0.2, 0) is 19.2 Å². The summed E-state index contributed by atoms with van der Waals surface area (Å²) in [5, 5.41) is 0. The predicted molar refractivity (Wildman–Crippen MR) is 88.2 cm³/mol. The van der Waals surface area contributed by atoms with Crippen molar-refractivity contribution in [3.8, 4) is 0 Å². The van der Waals surface area contributed by atoms with Gasteiger partial charge in [0.25, 0.3) is 0 Å². The van der Waals surface area contributed by atoms with Crippen molar-refractivity contribution in [1.82, 2.24) is 0 Å². The Bertz CT molecular complexity index is 385. The molecule has 0 saturated heterocycles. The largest absolute Gasteiger partial charge is 1.00 e. The molecule has 0 fully saturated rings. The Kier molecular flexibility index (Phi) is 20.3. The molecule has 0 spiro atoms. The molecule has 0 aromatic rings. The van der Waals surface area contributed by atoms with Gasteiger partial charge in [-0.05, 0) is 0 Å². The zero-order chi connectivity index (χ0) is 15.5. The molecule has 0 aromatic heterocycles. The van der Waals surface area contributed by atoms with Crippen molar-refractivity contribution in [1.29, 1.82) is 0 Å². The SMILES string of the molecule is CCC1=[C-]C(C)C=C1.CCC1=[C-]C(C)C=C1.C[Si](C)=[Ti+2].[Cl-].[Cl-]. The number of allylic oxidation sites excluding steroid dienone is 8. The average molecular weight is 391 g/mol. The normalized spacial score (nSPS) is 20.4. The molecule has 22 heavy (non-hydrogen) atoms. The molecule has 2 rings (SSSR count). The van der Waals surface area contributed by atoms with Gasteiger partial charge in [0.15, 0.2) is 0 Å². The molecular weight excluding hydrogens is 363 g/mol. The van der Waals surface area contributed by atoms with Crippen LogP contribution in [0.25, 0.3) is 0 Å². The van der Waals surface area contributed by atoms with Crippen LogP contribution in [0, 0.1) is 24.0 Å². The Morgan fingerprint density at radius 1 is 0.909 bits per heavy atom. The van der Waals surface area contributed by atoms with Crippen LogP contribution in [-0.4, -0.2) is 6.19 Å². The molecule has 0 amide bonds. The first-order chi connectivity index (χ1) is 9.38. The summed E-state index contributed by atoms with van der Waals surface area (Å²) in [6, 6.07) is 0. The van der Waals surface area contributed by atoms with Gasteiger partial charge in [0.05, 0.1) is 0 Å². The second-order valence-corrected chi connectivity index (χ2v) is 12.0. The van der Waals surface area contributed by atoms with Crippen molar-refractivity contribution >= 4 is 6.19 Å². The van der Waals surface area contributed by atoms with Crippen LogP contribution in [0.3, 0.4) is 0 Å². The third kappa shape index (κ3) is 15.4. The molecule has 124 valence electrons. The van der Waals surface area contributed by atoms with E-state index in [0.717, 1.165) is 12.8 Å². The molecule has 2 aliphatic rings. The first-order valence-electron chi connectivity index (χ1n) is 7.51. The second-order valence-electron chi connectivity index (χ2n) is 5.34. The fraction of sp³-hybridized carbons (Fsp3) is 0.556. The van der Waals surface area contributed by atoms with Crippen LogP contribution < -0.4 is 24.8 Å². The topological polar surface area (TPSA) is 0 Å². The second kappa shape index (κ2) is 16.3. The first kappa shape index (κ1) is 27.3. The average Bonchev–Trinajstić information content (AvgIpc) is 2.97. The van der Waals surface area contributed by atoms with Crippen molar-refractivity contribution in [3.63, 3.8) is 0 Å². The Morgan fingerprint density at radius 2 is 1.18 bits per heavy atom. The van der Waals surface area contributed by atoms with Gasteiger partial charge in [0.2, 0.25) is 0 Å². The molecule has 0 radical (unpaired) electrons. The number of hydrogen-bond donors (Lipinski definition) is 0. The fourth-order valence-corrected chi connectivity index (χ4v) is 1.74. The van der Waals surface area contributed by atoms with Crippen LogP contribution >= 0.6 is 0 Å². The van der Waals surface area contributed by atoms with Gasteiger partial charge in [0.1, 0.15) is 0 Å². The molecular formula is C18H28Cl2SiTi-2. The number of halogens is 2. The van der Waals surface area contributed by atoms with Crippen LogP contribution in [0.2, 0.25) is 13.1 Å². The zero-order valence-corrected chi connectivity index (χ0v) is 18.7. The monoisotopic (exact) mass is 390 g/mol. The van der Waals surface area contributed by atoms with E-state index >= 15 is 0 Å². The van der Waals surface area contributed by atoms with Gasteiger partial charge in [-0.1, -0.05) is 52.4 Å². The summed E-state index contributed by atoms with van der Waals surface area (Å²) in [5.74, 6) is 1.12. The third-order valence-corrected chi connectivity index (χ3v) is 2.76. The van der Waals surface area contributed by atoms with Gasteiger partial charge < -0.3 is 24.8 Å². The van der Waals surface area contributed by atoms with E-state index in [1.54, 1.807) is 0 Å². The molecule has 2 unspecified atom stereocenters. The quantitative estimate of drug-likeness (QED) is 0.438. The zero-order valence-electron chi connectivity index (χ0n) is 14.6. The summed E-state index contributed by atoms with van der Waals surface area (Å²) in [5.41, 5.74) is 2.72. The van der Waals surface area contributed by atoms with E-state index in [2.05, 4.69) is 96.4 Å². The van der Waals surface area contributed by atoms with Gasteiger partial charge in [-0.2, -0.15) is 12.2 Å². The molecule has 0 aromatic carbocycles. The molecule has 2 aliphatic carbocycles. The van der Waals surface area contributed by atoms with Crippen molar-refractivity contribution in [2.75, 3.05) is 0 Å². The smallest absolute Gasteiger partial charge is 1.00 e. The first-order valence-corrected chi connectivity index (χ1v) is 12.4. The van der Waals surface area contributed by atoms with Gasteiger partial charge in [-0.15, -0.1) is 0 Å². The maximum Gasteiger partial charge on any atom is -1.00 e. The van der Waals surface area contributed by atoms with Gasteiger partial charge in [0, 0.05) is 0 Å². The minimum atomic E-state index is 0. The standard InChI is InChI=1S/2C8H11.C2H6Si.2ClH.Ti/c2*1-3-8-5-4-7(2)6-8;1-3-2;;;/h2*4-5,7H,3H2,1-2H3;1-2H3;2*1H;/q2*-1;;;;+2/p-2. The summed E-state index contributed by atoms with van der Waals surface area (Å²) >= 11 is 2.27. The van der Waals surface area contributed by atoms with E-state index in [4.69, 9.17) is 0 Å². The van der Waals surface area contributed by atoms with E-state index in [1.807, 2.05) is 0 Å². The Balaban J connectivity index is -0.000000249.